The average molecular weight is 334 g/mol. The summed E-state index contributed by atoms with van der Waals surface area (Å²) < 4.78 is 5.82. The number of nitrogens with zero attached hydrogens (tertiary/aromatic N) is 1. The van der Waals surface area contributed by atoms with Gasteiger partial charge >= 0.3 is 6.03 Å². The van der Waals surface area contributed by atoms with Crippen LogP contribution >= 0.6 is 0 Å². The van der Waals surface area contributed by atoms with Crippen molar-refractivity contribution >= 4 is 11.7 Å². The highest BCUT2D eigenvalue weighted by Crippen LogP contribution is 2.25. The van der Waals surface area contributed by atoms with E-state index in [0.717, 1.165) is 16.8 Å². The zero-order valence-electron chi connectivity index (χ0n) is 13.5. The van der Waals surface area contributed by atoms with Gasteiger partial charge in [-0.05, 0) is 29.8 Å². The van der Waals surface area contributed by atoms with Crippen molar-refractivity contribution in [2.75, 3.05) is 5.32 Å². The number of para-hydroxylation sites is 2. The van der Waals surface area contributed by atoms with E-state index in [4.69, 9.17) is 10.6 Å². The highest BCUT2D eigenvalue weighted by atomic mass is 16.5. The van der Waals surface area contributed by atoms with Crippen LogP contribution in [0, 0.1) is 0 Å². The summed E-state index contributed by atoms with van der Waals surface area (Å²) in [5.41, 5.74) is 5.56. The first-order valence-electron chi connectivity index (χ1n) is 7.76. The zero-order chi connectivity index (χ0) is 17.5. The van der Waals surface area contributed by atoms with Crippen LogP contribution in [0.3, 0.4) is 0 Å². The summed E-state index contributed by atoms with van der Waals surface area (Å²) in [6.45, 7) is 0.380. The van der Waals surface area contributed by atoms with Crippen molar-refractivity contribution in [3.05, 3.63) is 78.5 Å². The number of carbonyl (C=O) groups excluding carboxylic acids is 1. The van der Waals surface area contributed by atoms with Crippen LogP contribution in [0.15, 0.2) is 72.9 Å². The van der Waals surface area contributed by atoms with Crippen molar-refractivity contribution in [3.8, 4) is 17.0 Å². The van der Waals surface area contributed by atoms with Crippen LogP contribution in [-0.4, -0.2) is 11.0 Å². The first-order valence-corrected chi connectivity index (χ1v) is 7.76. The number of carbonyl (C=O) groups is 1. The van der Waals surface area contributed by atoms with Gasteiger partial charge in [-0.2, -0.15) is 0 Å². The molecule has 6 heteroatoms. The van der Waals surface area contributed by atoms with Crippen LogP contribution in [0.2, 0.25) is 0 Å². The Labute approximate surface area is 145 Å². The Bertz CT molecular complexity index is 836. The minimum atomic E-state index is -0.504. The van der Waals surface area contributed by atoms with Gasteiger partial charge < -0.3 is 10.1 Å². The summed E-state index contributed by atoms with van der Waals surface area (Å²) in [5.74, 6) is 5.66. The second-order valence-electron chi connectivity index (χ2n) is 5.30. The second kappa shape index (κ2) is 7.94. The maximum Gasteiger partial charge on any atom is 0.333 e. The van der Waals surface area contributed by atoms with Gasteiger partial charge in [0.1, 0.15) is 12.4 Å². The summed E-state index contributed by atoms with van der Waals surface area (Å²) >= 11 is 0. The molecular formula is C19H18N4O2. The summed E-state index contributed by atoms with van der Waals surface area (Å²) in [4.78, 5) is 15.7. The van der Waals surface area contributed by atoms with Crippen LogP contribution in [-0.2, 0) is 6.61 Å². The maximum atomic E-state index is 11.4. The fourth-order valence-corrected chi connectivity index (χ4v) is 2.32. The Morgan fingerprint density at radius 3 is 2.48 bits per heavy atom. The monoisotopic (exact) mass is 334 g/mol. The fourth-order valence-electron chi connectivity index (χ4n) is 2.32. The van der Waals surface area contributed by atoms with Crippen molar-refractivity contribution in [1.82, 2.24) is 10.4 Å². The average Bonchev–Trinajstić information content (AvgIpc) is 2.68. The van der Waals surface area contributed by atoms with Crippen molar-refractivity contribution in [3.63, 3.8) is 0 Å². The van der Waals surface area contributed by atoms with E-state index in [2.05, 4.69) is 10.3 Å². The number of nitrogens with one attached hydrogen (secondary N) is 2. The molecule has 0 atom stereocenters. The van der Waals surface area contributed by atoms with Gasteiger partial charge in [0.15, 0.2) is 0 Å². The lowest BCUT2D eigenvalue weighted by Crippen LogP contribution is -2.34. The number of ether oxygens (including phenoxy) is 1. The highest BCUT2D eigenvalue weighted by molar-refractivity contribution is 5.90. The molecule has 0 saturated heterocycles. The van der Waals surface area contributed by atoms with E-state index >= 15 is 0 Å². The third kappa shape index (κ3) is 4.33. The third-order valence-corrected chi connectivity index (χ3v) is 3.58. The molecule has 0 unspecified atom stereocenters. The molecule has 0 aliphatic heterocycles. The van der Waals surface area contributed by atoms with Gasteiger partial charge in [-0.1, -0.05) is 42.5 Å². The fraction of sp³-hybridized carbons (Fsp3) is 0.0526. The van der Waals surface area contributed by atoms with Crippen molar-refractivity contribution in [2.24, 2.45) is 5.84 Å². The summed E-state index contributed by atoms with van der Waals surface area (Å²) in [6, 6.07) is 20.5. The molecule has 0 aliphatic carbocycles. The Hall–Kier alpha value is -3.38. The Balaban J connectivity index is 1.67. The molecule has 25 heavy (non-hydrogen) atoms. The Morgan fingerprint density at radius 1 is 1.00 bits per heavy atom. The number of aromatic nitrogens is 1. The molecule has 2 aromatic carbocycles. The van der Waals surface area contributed by atoms with Crippen molar-refractivity contribution in [1.29, 1.82) is 0 Å². The quantitative estimate of drug-likeness (QED) is 0.379. The molecule has 126 valence electrons. The van der Waals surface area contributed by atoms with Gasteiger partial charge in [0.2, 0.25) is 0 Å². The molecule has 0 radical (unpaired) electrons. The number of pyridine rings is 1. The van der Waals surface area contributed by atoms with Gasteiger partial charge in [-0.3, -0.25) is 10.4 Å². The van der Waals surface area contributed by atoms with Crippen LogP contribution in [0.25, 0.3) is 11.3 Å². The molecule has 1 heterocycles. The molecule has 3 rings (SSSR count). The molecule has 0 bridgehead atoms. The predicted octanol–water partition coefficient (Wildman–Crippen LogP) is 3.32. The lowest BCUT2D eigenvalue weighted by atomic mass is 10.1. The van der Waals surface area contributed by atoms with E-state index in [-0.39, 0.29) is 0 Å². The van der Waals surface area contributed by atoms with E-state index in [1.165, 1.54) is 0 Å². The molecule has 0 spiro atoms. The molecular weight excluding hydrogens is 316 g/mol. The molecule has 3 aromatic rings. The van der Waals surface area contributed by atoms with Crippen LogP contribution in [0.4, 0.5) is 10.5 Å². The van der Waals surface area contributed by atoms with E-state index in [1.807, 2.05) is 54.0 Å². The van der Waals surface area contributed by atoms with Gasteiger partial charge in [0, 0.05) is 11.8 Å². The third-order valence-electron chi connectivity index (χ3n) is 3.58. The molecule has 2 amide bonds. The van der Waals surface area contributed by atoms with Gasteiger partial charge in [0.25, 0.3) is 0 Å². The number of rotatable bonds is 5. The van der Waals surface area contributed by atoms with E-state index in [9.17, 15) is 4.79 Å². The Kier molecular flexibility index (Phi) is 5.23. The van der Waals surface area contributed by atoms with Gasteiger partial charge in [-0.25, -0.2) is 10.6 Å². The number of amides is 2. The number of urea groups is 1. The van der Waals surface area contributed by atoms with Crippen LogP contribution in [0.5, 0.6) is 5.75 Å². The summed E-state index contributed by atoms with van der Waals surface area (Å²) in [5, 5.41) is 2.62. The SMILES string of the molecule is NNC(=O)Nc1ccccc1OCc1ccc(-c2ccccn2)cc1. The number of nitrogens with two attached hydrogens (primary N) is 1. The molecule has 1 aromatic heterocycles. The van der Waals surface area contributed by atoms with Gasteiger partial charge in [0.05, 0.1) is 11.4 Å². The van der Waals surface area contributed by atoms with E-state index in [0.29, 0.717) is 18.0 Å². The number of anilines is 1. The molecule has 0 fully saturated rings. The number of benzene rings is 2. The van der Waals surface area contributed by atoms with E-state index < -0.39 is 6.03 Å². The second-order valence-corrected chi connectivity index (χ2v) is 5.30. The maximum absolute atomic E-state index is 11.4. The minimum absolute atomic E-state index is 0.380. The number of hydrogen-bond acceptors (Lipinski definition) is 4. The van der Waals surface area contributed by atoms with E-state index in [1.54, 1.807) is 24.4 Å². The Morgan fingerprint density at radius 2 is 1.76 bits per heavy atom. The summed E-state index contributed by atoms with van der Waals surface area (Å²) in [7, 11) is 0. The lowest BCUT2D eigenvalue weighted by molar-refractivity contribution is 0.252. The first kappa shape index (κ1) is 16.5. The topological polar surface area (TPSA) is 89.3 Å². The highest BCUT2D eigenvalue weighted by Gasteiger charge is 2.06. The molecule has 0 aliphatic rings. The minimum Gasteiger partial charge on any atom is -0.487 e. The molecule has 4 N–H and O–H groups in total. The first-order chi connectivity index (χ1) is 12.3. The predicted molar refractivity (Wildman–Crippen MR) is 96.8 cm³/mol. The van der Waals surface area contributed by atoms with Crippen LogP contribution in [0.1, 0.15) is 5.56 Å². The summed E-state index contributed by atoms with van der Waals surface area (Å²) in [6.07, 6.45) is 1.77. The number of hydrogen-bond donors (Lipinski definition) is 3. The lowest BCUT2D eigenvalue weighted by Gasteiger charge is -2.12. The van der Waals surface area contributed by atoms with Gasteiger partial charge in [-0.15, -0.1) is 0 Å². The number of hydrazine groups is 1. The molecule has 0 saturated carbocycles. The van der Waals surface area contributed by atoms with Crippen LogP contribution < -0.4 is 21.3 Å². The standard InChI is InChI=1S/C19H18N4O2/c20-23-19(24)22-17-6-1-2-7-18(17)25-13-14-8-10-15(11-9-14)16-5-3-4-12-21-16/h1-12H,13,20H2,(H2,22,23,24). The smallest absolute Gasteiger partial charge is 0.333 e. The normalized spacial score (nSPS) is 10.1. The van der Waals surface area contributed by atoms with Crippen molar-refractivity contribution in [2.45, 2.75) is 6.61 Å². The molecule has 6 nitrogen and oxygen atoms in total. The van der Waals surface area contributed by atoms with Crippen molar-refractivity contribution < 1.29 is 9.53 Å². The zero-order valence-corrected chi connectivity index (χ0v) is 13.5. The largest absolute Gasteiger partial charge is 0.487 e.